The number of rotatable bonds is 10. The van der Waals surface area contributed by atoms with Crippen LogP contribution in [0.5, 0.6) is 0 Å². The highest BCUT2D eigenvalue weighted by Gasteiger charge is 2.27. The first-order valence-electron chi connectivity index (χ1n) is 11.0. The molecule has 6 N–H and O–H groups in total. The highest BCUT2D eigenvalue weighted by atomic mass is 16.2. The smallest absolute Gasteiger partial charge is 0.269 e. The summed E-state index contributed by atoms with van der Waals surface area (Å²) in [4.78, 5) is 19.7. The van der Waals surface area contributed by atoms with Gasteiger partial charge in [-0.05, 0) is 68.7 Å². The van der Waals surface area contributed by atoms with Gasteiger partial charge in [0.05, 0.1) is 17.9 Å². The van der Waals surface area contributed by atoms with Gasteiger partial charge in [-0.15, -0.1) is 5.10 Å². The number of aryl methyl sites for hydroxylation is 2. The average molecular weight is 435 g/mol. The SMILES string of the molecule is Cc1c(C2CC2)[nH]c2nnc(CCCCN(N)/C=C(\N)C(=O)NCc3ccccn3)cc12. The van der Waals surface area contributed by atoms with E-state index in [-0.39, 0.29) is 11.6 Å². The van der Waals surface area contributed by atoms with Gasteiger partial charge in [-0.25, -0.2) is 5.84 Å². The number of hydrazine groups is 1. The number of amides is 1. The van der Waals surface area contributed by atoms with Gasteiger partial charge in [-0.3, -0.25) is 9.78 Å². The minimum atomic E-state index is -0.373. The van der Waals surface area contributed by atoms with Crippen LogP contribution < -0.4 is 16.9 Å². The molecule has 4 rings (SSSR count). The first-order chi connectivity index (χ1) is 15.5. The summed E-state index contributed by atoms with van der Waals surface area (Å²) in [5.41, 5.74) is 11.2. The average Bonchev–Trinajstić information content (AvgIpc) is 3.59. The second-order valence-electron chi connectivity index (χ2n) is 8.32. The fraction of sp³-hybridized carbons (Fsp3) is 0.391. The summed E-state index contributed by atoms with van der Waals surface area (Å²) in [6, 6.07) is 7.66. The molecule has 0 bridgehead atoms. The van der Waals surface area contributed by atoms with Crippen LogP contribution in [0.2, 0.25) is 0 Å². The number of carbonyl (C=O) groups is 1. The van der Waals surface area contributed by atoms with E-state index < -0.39 is 0 Å². The summed E-state index contributed by atoms with van der Waals surface area (Å²) >= 11 is 0. The lowest BCUT2D eigenvalue weighted by atomic mass is 10.1. The number of carbonyl (C=O) groups excluding carboxylic acids is 1. The minimum Gasteiger partial charge on any atom is -0.393 e. The van der Waals surface area contributed by atoms with E-state index in [9.17, 15) is 4.79 Å². The lowest BCUT2D eigenvalue weighted by Gasteiger charge is -2.14. The number of aromatic nitrogens is 4. The summed E-state index contributed by atoms with van der Waals surface area (Å²) < 4.78 is 0. The van der Waals surface area contributed by atoms with Crippen LogP contribution in [0.4, 0.5) is 0 Å². The van der Waals surface area contributed by atoms with Crippen molar-refractivity contribution in [1.82, 2.24) is 30.5 Å². The molecule has 0 aliphatic heterocycles. The third-order valence-corrected chi connectivity index (χ3v) is 5.71. The molecule has 3 aromatic rings. The molecule has 0 saturated heterocycles. The number of hydrogen-bond acceptors (Lipinski definition) is 7. The van der Waals surface area contributed by atoms with E-state index in [0.29, 0.717) is 19.0 Å². The summed E-state index contributed by atoms with van der Waals surface area (Å²) in [5.74, 6) is 6.28. The molecule has 1 aliphatic carbocycles. The number of nitrogens with zero attached hydrogens (tertiary/aromatic N) is 4. The van der Waals surface area contributed by atoms with Crippen molar-refractivity contribution in [2.45, 2.75) is 51.5 Å². The van der Waals surface area contributed by atoms with Crippen LogP contribution in [0, 0.1) is 6.92 Å². The standard InChI is InChI=1S/C23H30N8O/c1-15-19-12-17(29-30-22(19)28-21(15)16-8-9-16)6-3-5-11-31(25)14-20(24)23(32)27-13-18-7-2-4-10-26-18/h2,4,7,10,12,14,16H,3,5-6,8-9,11,13,24-25H2,1H3,(H,27,32)(H,28,30)/b20-14-. The van der Waals surface area contributed by atoms with E-state index in [4.69, 9.17) is 11.6 Å². The van der Waals surface area contributed by atoms with Crippen molar-refractivity contribution in [2.24, 2.45) is 11.6 Å². The van der Waals surface area contributed by atoms with Crippen LogP contribution >= 0.6 is 0 Å². The van der Waals surface area contributed by atoms with Crippen LogP contribution in [0.25, 0.3) is 11.0 Å². The predicted octanol–water partition coefficient (Wildman–Crippen LogP) is 2.15. The van der Waals surface area contributed by atoms with E-state index in [0.717, 1.165) is 36.3 Å². The van der Waals surface area contributed by atoms with Gasteiger partial charge in [0.15, 0.2) is 5.65 Å². The topological polar surface area (TPSA) is 139 Å². The molecule has 9 nitrogen and oxygen atoms in total. The molecule has 9 heteroatoms. The molecule has 0 aromatic carbocycles. The van der Waals surface area contributed by atoms with Crippen LogP contribution in [0.1, 0.15) is 54.2 Å². The number of pyridine rings is 1. The zero-order valence-corrected chi connectivity index (χ0v) is 18.3. The molecule has 168 valence electrons. The number of unbranched alkanes of at least 4 members (excludes halogenated alkanes) is 1. The molecule has 1 amide bonds. The van der Waals surface area contributed by atoms with Crippen molar-refractivity contribution < 1.29 is 4.79 Å². The Labute approximate surface area is 187 Å². The Morgan fingerprint density at radius 2 is 2.12 bits per heavy atom. The number of fused-ring (bicyclic) bond motifs is 1. The molecule has 0 spiro atoms. The molecule has 1 aliphatic rings. The van der Waals surface area contributed by atoms with Crippen molar-refractivity contribution in [3.63, 3.8) is 0 Å². The Kier molecular flexibility index (Phi) is 6.65. The van der Waals surface area contributed by atoms with Gasteiger partial charge in [-0.1, -0.05) is 6.07 Å². The Hall–Kier alpha value is -3.46. The molecule has 1 fully saturated rings. The zero-order valence-electron chi connectivity index (χ0n) is 18.3. The van der Waals surface area contributed by atoms with Crippen molar-refractivity contribution in [1.29, 1.82) is 0 Å². The highest BCUT2D eigenvalue weighted by Crippen LogP contribution is 2.42. The predicted molar refractivity (Wildman–Crippen MR) is 123 cm³/mol. The molecule has 0 unspecified atom stereocenters. The minimum absolute atomic E-state index is 0.0640. The van der Waals surface area contributed by atoms with Gasteiger partial charge < -0.3 is 21.0 Å². The normalized spacial score (nSPS) is 14.0. The van der Waals surface area contributed by atoms with E-state index in [2.05, 4.69) is 38.5 Å². The second kappa shape index (κ2) is 9.78. The third-order valence-electron chi connectivity index (χ3n) is 5.71. The maximum Gasteiger partial charge on any atom is 0.269 e. The van der Waals surface area contributed by atoms with Gasteiger partial charge in [0.25, 0.3) is 5.91 Å². The fourth-order valence-corrected chi connectivity index (χ4v) is 3.76. The summed E-state index contributed by atoms with van der Waals surface area (Å²) in [6.07, 6.45) is 8.23. The maximum atomic E-state index is 12.1. The maximum absolute atomic E-state index is 12.1. The van der Waals surface area contributed by atoms with E-state index in [1.54, 1.807) is 6.20 Å². The molecule has 0 radical (unpaired) electrons. The van der Waals surface area contributed by atoms with Crippen molar-refractivity contribution in [3.8, 4) is 0 Å². The third kappa shape index (κ3) is 5.42. The first-order valence-corrected chi connectivity index (χ1v) is 11.0. The summed E-state index contributed by atoms with van der Waals surface area (Å²) in [7, 11) is 0. The van der Waals surface area contributed by atoms with Crippen molar-refractivity contribution in [3.05, 3.63) is 65.0 Å². The number of nitrogens with two attached hydrogens (primary N) is 2. The quantitative estimate of drug-likeness (QED) is 0.166. The van der Waals surface area contributed by atoms with E-state index >= 15 is 0 Å². The van der Waals surface area contributed by atoms with E-state index in [1.165, 1.54) is 40.7 Å². The molecular weight excluding hydrogens is 404 g/mol. The van der Waals surface area contributed by atoms with Crippen LogP contribution in [-0.4, -0.2) is 37.6 Å². The number of nitrogens with one attached hydrogen (secondary N) is 2. The number of hydrogen-bond donors (Lipinski definition) is 4. The lowest BCUT2D eigenvalue weighted by molar-refractivity contribution is -0.117. The molecule has 3 aromatic heterocycles. The van der Waals surface area contributed by atoms with Gasteiger partial charge in [0.1, 0.15) is 5.70 Å². The molecular formula is C23H30N8O. The van der Waals surface area contributed by atoms with Crippen LogP contribution in [0.15, 0.2) is 42.4 Å². The van der Waals surface area contributed by atoms with Gasteiger partial charge >= 0.3 is 0 Å². The van der Waals surface area contributed by atoms with Crippen molar-refractivity contribution in [2.75, 3.05) is 6.54 Å². The van der Waals surface area contributed by atoms with Crippen molar-refractivity contribution >= 4 is 16.9 Å². The highest BCUT2D eigenvalue weighted by molar-refractivity contribution is 5.92. The van der Waals surface area contributed by atoms with Gasteiger partial charge in [0.2, 0.25) is 0 Å². The first kappa shape index (κ1) is 21.8. The van der Waals surface area contributed by atoms with Gasteiger partial charge in [-0.2, -0.15) is 5.10 Å². The summed E-state index contributed by atoms with van der Waals surface area (Å²) in [6.45, 7) is 3.05. The fourth-order valence-electron chi connectivity index (χ4n) is 3.76. The van der Waals surface area contributed by atoms with Crippen LogP contribution in [0.3, 0.4) is 0 Å². The molecule has 3 heterocycles. The lowest BCUT2D eigenvalue weighted by Crippen LogP contribution is -2.33. The van der Waals surface area contributed by atoms with Crippen LogP contribution in [-0.2, 0) is 17.8 Å². The largest absolute Gasteiger partial charge is 0.393 e. The Morgan fingerprint density at radius 3 is 2.88 bits per heavy atom. The number of H-pyrrole nitrogens is 1. The zero-order chi connectivity index (χ0) is 22.5. The molecule has 32 heavy (non-hydrogen) atoms. The Bertz CT molecular complexity index is 1100. The second-order valence-corrected chi connectivity index (χ2v) is 8.32. The Balaban J connectivity index is 1.21. The monoisotopic (exact) mass is 434 g/mol. The molecule has 0 atom stereocenters. The summed E-state index contributed by atoms with van der Waals surface area (Å²) in [5, 5.41) is 14.1. The van der Waals surface area contributed by atoms with Gasteiger partial charge in [0, 0.05) is 30.0 Å². The Morgan fingerprint density at radius 1 is 1.28 bits per heavy atom. The van der Waals surface area contributed by atoms with E-state index in [1.807, 2.05) is 18.2 Å². The molecule has 1 saturated carbocycles. The number of aromatic amines is 1.